The van der Waals surface area contributed by atoms with Crippen LogP contribution in [0.3, 0.4) is 0 Å². The topological polar surface area (TPSA) is 153 Å². The van der Waals surface area contributed by atoms with Crippen molar-refractivity contribution in [3.63, 3.8) is 0 Å². The Kier molecular flexibility index (Phi) is 12.7. The smallest absolute Gasteiger partial charge is 0.257 e. The van der Waals surface area contributed by atoms with Crippen LogP contribution in [0.4, 0.5) is 0 Å². The summed E-state index contributed by atoms with van der Waals surface area (Å²) >= 11 is 0. The van der Waals surface area contributed by atoms with Gasteiger partial charge in [-0.3, -0.25) is 19.2 Å². The summed E-state index contributed by atoms with van der Waals surface area (Å²) in [4.78, 5) is 49.7. The molecule has 4 aromatic carbocycles. The monoisotopic (exact) mass is 708 g/mol. The quantitative estimate of drug-likeness (QED) is 0.155. The maximum absolute atomic E-state index is 12.4. The molecule has 4 amide bonds. The van der Waals surface area contributed by atoms with Gasteiger partial charge in [-0.05, 0) is 44.5 Å². The summed E-state index contributed by atoms with van der Waals surface area (Å²) in [6, 6.07) is 23.3. The summed E-state index contributed by atoms with van der Waals surface area (Å²) in [6.07, 6.45) is 1.42. The summed E-state index contributed by atoms with van der Waals surface area (Å²) in [5.74, 6) is 1.02. The molecule has 0 heterocycles. The number of likely N-dealkylation sites (N-methyl/N-ethyl adjacent to an activating group) is 4. The number of para-hydroxylation sites is 4. The molecule has 0 saturated carbocycles. The molecule has 0 radical (unpaired) electrons. The number of fused-ring (bicyclic) bond motifs is 8. The van der Waals surface area contributed by atoms with Crippen molar-refractivity contribution in [2.45, 2.75) is 25.7 Å². The molecule has 1 aliphatic rings. The van der Waals surface area contributed by atoms with Crippen LogP contribution >= 0.6 is 0 Å². The van der Waals surface area contributed by atoms with Crippen molar-refractivity contribution < 1.29 is 38.1 Å². The van der Waals surface area contributed by atoms with E-state index in [1.165, 1.54) is 0 Å². The van der Waals surface area contributed by atoms with Crippen LogP contribution in [-0.4, -0.2) is 78.2 Å². The van der Waals surface area contributed by atoms with E-state index < -0.39 is 0 Å². The molecule has 0 fully saturated rings. The van der Waals surface area contributed by atoms with E-state index in [0.717, 1.165) is 44.5 Å². The van der Waals surface area contributed by atoms with Crippen LogP contribution in [0.15, 0.2) is 72.8 Å². The Balaban J connectivity index is 1.74. The first kappa shape index (κ1) is 37.2. The van der Waals surface area contributed by atoms with Crippen LogP contribution < -0.4 is 40.2 Å². The minimum Gasteiger partial charge on any atom is -0.483 e. The Bertz CT molecular complexity index is 1580. The van der Waals surface area contributed by atoms with Crippen LogP contribution in [-0.2, 0) is 44.9 Å². The molecule has 0 aromatic heterocycles. The fourth-order valence-electron chi connectivity index (χ4n) is 6.07. The molecule has 52 heavy (non-hydrogen) atoms. The number of nitrogens with one attached hydrogen (secondary N) is 4. The molecule has 0 saturated heterocycles. The third-order valence-electron chi connectivity index (χ3n) is 8.74. The van der Waals surface area contributed by atoms with E-state index in [1.807, 2.05) is 72.8 Å². The standard InChI is InChI=1S/C40H44N4O8/c1-41-33(45)21-49-37-25-9-5-10-26(37)18-28-12-7-14-30(39(28)51-23-35(47)43-3)20-32-16-8-15-31(40(32)52-24-36(48)44-4)19-29-13-6-11-27(17-25)38(29)50-22-34(46)42-2/h5-16H,17-24H2,1-4H3,(H,41,45)(H,42,46)(H,43,47)(H,44,48). The summed E-state index contributed by atoms with van der Waals surface area (Å²) in [5, 5.41) is 10.5. The van der Waals surface area contributed by atoms with E-state index in [1.54, 1.807) is 28.2 Å². The Hall–Kier alpha value is -6.04. The maximum Gasteiger partial charge on any atom is 0.257 e. The van der Waals surface area contributed by atoms with Gasteiger partial charge in [-0.2, -0.15) is 0 Å². The van der Waals surface area contributed by atoms with Gasteiger partial charge in [0.05, 0.1) is 0 Å². The van der Waals surface area contributed by atoms with E-state index >= 15 is 0 Å². The molecule has 272 valence electrons. The van der Waals surface area contributed by atoms with Gasteiger partial charge in [-0.15, -0.1) is 0 Å². The second-order valence-corrected chi connectivity index (χ2v) is 12.2. The summed E-state index contributed by atoms with van der Waals surface area (Å²) in [6.45, 7) is -0.801. The zero-order valence-electron chi connectivity index (χ0n) is 29.9. The van der Waals surface area contributed by atoms with E-state index in [0.29, 0.717) is 48.7 Å². The molecule has 0 spiro atoms. The molecule has 0 aliphatic heterocycles. The lowest BCUT2D eigenvalue weighted by atomic mass is 9.91. The van der Waals surface area contributed by atoms with Crippen molar-refractivity contribution in [2.24, 2.45) is 0 Å². The summed E-state index contributed by atoms with van der Waals surface area (Å²) in [5.41, 5.74) is 6.41. The Labute approximate surface area is 303 Å². The normalized spacial score (nSPS) is 11.8. The Morgan fingerprint density at radius 1 is 0.385 bits per heavy atom. The second-order valence-electron chi connectivity index (χ2n) is 12.2. The fraction of sp³-hybridized carbons (Fsp3) is 0.300. The van der Waals surface area contributed by atoms with Crippen molar-refractivity contribution in [3.8, 4) is 23.0 Å². The number of carbonyl (C=O) groups is 4. The molecular weight excluding hydrogens is 664 g/mol. The number of ether oxygens (including phenoxy) is 4. The minimum absolute atomic E-state index is 0.200. The molecule has 4 aromatic rings. The average molecular weight is 709 g/mol. The van der Waals surface area contributed by atoms with Crippen molar-refractivity contribution >= 4 is 23.6 Å². The average Bonchev–Trinajstić information content (AvgIpc) is 3.15. The van der Waals surface area contributed by atoms with E-state index in [-0.39, 0.29) is 50.1 Å². The maximum atomic E-state index is 12.4. The Morgan fingerprint density at radius 3 is 0.712 bits per heavy atom. The molecule has 4 N–H and O–H groups in total. The van der Waals surface area contributed by atoms with Gasteiger partial charge in [0.15, 0.2) is 26.4 Å². The van der Waals surface area contributed by atoms with Crippen LogP contribution in [0.25, 0.3) is 0 Å². The minimum atomic E-state index is -0.285. The lowest BCUT2D eigenvalue weighted by Gasteiger charge is -2.22. The van der Waals surface area contributed by atoms with Gasteiger partial charge in [0, 0.05) is 53.9 Å². The molecule has 0 unspecified atom stereocenters. The van der Waals surface area contributed by atoms with Crippen molar-refractivity contribution in [1.82, 2.24) is 21.3 Å². The highest BCUT2D eigenvalue weighted by molar-refractivity contribution is 5.78. The van der Waals surface area contributed by atoms with Gasteiger partial charge in [-0.1, -0.05) is 72.8 Å². The largest absolute Gasteiger partial charge is 0.483 e. The zero-order valence-corrected chi connectivity index (χ0v) is 29.9. The zero-order chi connectivity index (χ0) is 37.0. The Morgan fingerprint density at radius 2 is 0.558 bits per heavy atom. The third-order valence-corrected chi connectivity index (χ3v) is 8.74. The molecule has 12 nitrogen and oxygen atoms in total. The lowest BCUT2D eigenvalue weighted by Crippen LogP contribution is -2.26. The molecule has 8 bridgehead atoms. The van der Waals surface area contributed by atoms with Crippen LogP contribution in [0, 0.1) is 0 Å². The highest BCUT2D eigenvalue weighted by Crippen LogP contribution is 2.38. The van der Waals surface area contributed by atoms with E-state index in [4.69, 9.17) is 18.9 Å². The van der Waals surface area contributed by atoms with Gasteiger partial charge in [-0.25, -0.2) is 0 Å². The number of hydrogen-bond acceptors (Lipinski definition) is 8. The number of rotatable bonds is 12. The second kappa shape index (κ2) is 17.8. The number of amides is 4. The fourth-order valence-corrected chi connectivity index (χ4v) is 6.07. The molecule has 1 aliphatic carbocycles. The van der Waals surface area contributed by atoms with Gasteiger partial charge in [0.1, 0.15) is 23.0 Å². The molecule has 5 rings (SSSR count). The van der Waals surface area contributed by atoms with E-state index in [9.17, 15) is 19.2 Å². The van der Waals surface area contributed by atoms with Gasteiger partial charge >= 0.3 is 0 Å². The predicted molar refractivity (Wildman–Crippen MR) is 195 cm³/mol. The van der Waals surface area contributed by atoms with Gasteiger partial charge in [0.2, 0.25) is 0 Å². The first-order valence-corrected chi connectivity index (χ1v) is 17.0. The number of hydrogen-bond donors (Lipinski definition) is 4. The van der Waals surface area contributed by atoms with Crippen molar-refractivity contribution in [2.75, 3.05) is 54.6 Å². The van der Waals surface area contributed by atoms with Crippen molar-refractivity contribution in [1.29, 1.82) is 0 Å². The molecule has 0 atom stereocenters. The predicted octanol–water partition coefficient (Wildman–Crippen LogP) is 2.86. The molecular formula is C40H44N4O8. The van der Waals surface area contributed by atoms with Crippen LogP contribution in [0.1, 0.15) is 44.5 Å². The first-order chi connectivity index (χ1) is 25.2. The van der Waals surface area contributed by atoms with Gasteiger partial charge < -0.3 is 40.2 Å². The number of carbonyl (C=O) groups excluding carboxylic acids is 4. The van der Waals surface area contributed by atoms with Crippen LogP contribution in [0.5, 0.6) is 23.0 Å². The van der Waals surface area contributed by atoms with Gasteiger partial charge in [0.25, 0.3) is 23.6 Å². The van der Waals surface area contributed by atoms with Crippen LogP contribution in [0.2, 0.25) is 0 Å². The SMILES string of the molecule is CNC(=O)COc1c2cccc1Cc1cccc(c1OCC(=O)NC)Cc1cccc(c1OCC(=O)NC)Cc1cccc(c1OCC(=O)NC)C2. The third kappa shape index (κ3) is 9.19. The van der Waals surface area contributed by atoms with Crippen molar-refractivity contribution in [3.05, 3.63) is 117 Å². The highest BCUT2D eigenvalue weighted by Gasteiger charge is 2.23. The van der Waals surface area contributed by atoms with E-state index in [2.05, 4.69) is 21.3 Å². The lowest BCUT2D eigenvalue weighted by molar-refractivity contribution is -0.123. The summed E-state index contributed by atoms with van der Waals surface area (Å²) < 4.78 is 25.0. The first-order valence-electron chi connectivity index (χ1n) is 17.0. The molecule has 12 heteroatoms. The summed E-state index contributed by atoms with van der Waals surface area (Å²) in [7, 11) is 6.21. The number of benzene rings is 4. The highest BCUT2D eigenvalue weighted by atomic mass is 16.5.